The Hall–Kier alpha value is -0.540. The Labute approximate surface area is 154 Å². The van der Waals surface area contributed by atoms with Gasteiger partial charge in [-0.05, 0) is 43.4 Å². The second kappa shape index (κ2) is 8.00. The van der Waals surface area contributed by atoms with Crippen LogP contribution in [0.3, 0.4) is 0 Å². The predicted molar refractivity (Wildman–Crippen MR) is 89.2 cm³/mol. The second-order valence-corrected chi connectivity index (χ2v) is 8.83. The molecular formula is C15H18Cl2F3NO3S. The first kappa shape index (κ1) is 20.8. The Balaban J connectivity index is 1.96. The average Bonchev–Trinajstić information content (AvgIpc) is 2.92. The minimum absolute atomic E-state index is 0.0492. The molecule has 0 bridgehead atoms. The van der Waals surface area contributed by atoms with Crippen molar-refractivity contribution < 1.29 is 26.7 Å². The molecule has 25 heavy (non-hydrogen) atoms. The lowest BCUT2D eigenvalue weighted by Crippen LogP contribution is -2.35. The summed E-state index contributed by atoms with van der Waals surface area (Å²) in [5.41, 5.74) is 0. The SMILES string of the molecule is O=S(=O)(NC[C@H](O)CC1CCCC1C(F)(F)F)c1cc(Cl)cc(Cl)c1. The van der Waals surface area contributed by atoms with Crippen molar-refractivity contribution in [2.24, 2.45) is 11.8 Å². The van der Waals surface area contributed by atoms with E-state index in [1.54, 1.807) is 0 Å². The molecule has 142 valence electrons. The van der Waals surface area contributed by atoms with Crippen LogP contribution in [0.1, 0.15) is 25.7 Å². The summed E-state index contributed by atoms with van der Waals surface area (Å²) in [6.07, 6.45) is -4.74. The van der Waals surface area contributed by atoms with Crippen molar-refractivity contribution in [1.29, 1.82) is 0 Å². The molecule has 0 saturated heterocycles. The van der Waals surface area contributed by atoms with Crippen molar-refractivity contribution in [2.75, 3.05) is 6.54 Å². The van der Waals surface area contributed by atoms with Gasteiger partial charge in [0, 0.05) is 16.6 Å². The second-order valence-electron chi connectivity index (χ2n) is 6.19. The molecule has 4 nitrogen and oxygen atoms in total. The van der Waals surface area contributed by atoms with Gasteiger partial charge in [0.25, 0.3) is 0 Å². The van der Waals surface area contributed by atoms with Gasteiger partial charge in [-0.3, -0.25) is 0 Å². The lowest BCUT2D eigenvalue weighted by atomic mass is 9.90. The highest BCUT2D eigenvalue weighted by Crippen LogP contribution is 2.44. The van der Waals surface area contributed by atoms with Crippen LogP contribution >= 0.6 is 23.2 Å². The normalized spacial score (nSPS) is 23.0. The third-order valence-corrected chi connectivity index (χ3v) is 6.15. The van der Waals surface area contributed by atoms with Gasteiger partial charge in [0.1, 0.15) is 0 Å². The average molecular weight is 420 g/mol. The standard InChI is InChI=1S/C15H18Cl2F3NO3S/c16-10-5-11(17)7-13(6-10)25(23,24)21-8-12(22)4-9-2-1-3-14(9)15(18,19)20/h5-7,9,12,14,21-22H,1-4,8H2/t9?,12-,14?/m1/s1. The molecule has 0 spiro atoms. The van der Waals surface area contributed by atoms with E-state index in [1.807, 2.05) is 0 Å². The Kier molecular flexibility index (Phi) is 6.65. The van der Waals surface area contributed by atoms with Crippen LogP contribution in [0.15, 0.2) is 23.1 Å². The fraction of sp³-hybridized carbons (Fsp3) is 0.600. The van der Waals surface area contributed by atoms with Gasteiger partial charge in [-0.25, -0.2) is 13.1 Å². The lowest BCUT2D eigenvalue weighted by Gasteiger charge is -2.24. The number of benzene rings is 1. The van der Waals surface area contributed by atoms with Crippen molar-refractivity contribution in [2.45, 2.75) is 42.9 Å². The monoisotopic (exact) mass is 419 g/mol. The van der Waals surface area contributed by atoms with Gasteiger partial charge in [-0.15, -0.1) is 0 Å². The molecule has 0 heterocycles. The topological polar surface area (TPSA) is 66.4 Å². The first-order valence-corrected chi connectivity index (χ1v) is 9.93. The van der Waals surface area contributed by atoms with E-state index in [4.69, 9.17) is 23.2 Å². The van der Waals surface area contributed by atoms with Gasteiger partial charge < -0.3 is 5.11 Å². The van der Waals surface area contributed by atoms with Crippen LogP contribution in [-0.2, 0) is 10.0 Å². The van der Waals surface area contributed by atoms with Crippen LogP contribution < -0.4 is 4.72 Å². The smallest absolute Gasteiger partial charge is 0.392 e. The number of alkyl halides is 3. The minimum Gasteiger partial charge on any atom is -0.392 e. The van der Waals surface area contributed by atoms with Crippen LogP contribution in [-0.4, -0.2) is 32.3 Å². The van der Waals surface area contributed by atoms with Crippen molar-refractivity contribution in [1.82, 2.24) is 4.72 Å². The molecule has 2 unspecified atom stereocenters. The summed E-state index contributed by atoms with van der Waals surface area (Å²) in [4.78, 5) is -0.175. The molecule has 0 aliphatic heterocycles. The summed E-state index contributed by atoms with van der Waals surface area (Å²) < 4.78 is 65.3. The van der Waals surface area contributed by atoms with E-state index in [9.17, 15) is 26.7 Å². The summed E-state index contributed by atoms with van der Waals surface area (Å²) >= 11 is 11.5. The van der Waals surface area contributed by atoms with Gasteiger partial charge in [0.15, 0.2) is 0 Å². The van der Waals surface area contributed by atoms with Crippen LogP contribution in [0.4, 0.5) is 13.2 Å². The highest BCUT2D eigenvalue weighted by Gasteiger charge is 2.47. The summed E-state index contributed by atoms with van der Waals surface area (Å²) in [5.74, 6) is -2.13. The summed E-state index contributed by atoms with van der Waals surface area (Å²) in [5, 5.41) is 10.2. The maximum absolute atomic E-state index is 12.9. The Morgan fingerprint density at radius 2 is 1.80 bits per heavy atom. The minimum atomic E-state index is -4.29. The van der Waals surface area contributed by atoms with Crippen LogP contribution in [0.2, 0.25) is 10.0 Å². The molecule has 1 aliphatic carbocycles. The van der Waals surface area contributed by atoms with Crippen LogP contribution in [0.5, 0.6) is 0 Å². The van der Waals surface area contributed by atoms with Crippen molar-refractivity contribution in [3.8, 4) is 0 Å². The third kappa shape index (κ3) is 5.72. The first-order valence-electron chi connectivity index (χ1n) is 7.69. The van der Waals surface area contributed by atoms with Gasteiger partial charge in [0.05, 0.1) is 16.9 Å². The number of sulfonamides is 1. The van der Waals surface area contributed by atoms with Gasteiger partial charge in [-0.1, -0.05) is 29.6 Å². The van der Waals surface area contributed by atoms with Crippen molar-refractivity contribution in [3.63, 3.8) is 0 Å². The van der Waals surface area contributed by atoms with Crippen molar-refractivity contribution in [3.05, 3.63) is 28.2 Å². The van der Waals surface area contributed by atoms with Crippen LogP contribution in [0, 0.1) is 11.8 Å². The van der Waals surface area contributed by atoms with E-state index >= 15 is 0 Å². The maximum atomic E-state index is 12.9. The number of rotatable bonds is 6. The molecule has 10 heteroatoms. The molecule has 1 fully saturated rings. The highest BCUT2D eigenvalue weighted by molar-refractivity contribution is 7.89. The number of hydrogen-bond donors (Lipinski definition) is 2. The summed E-state index contributed by atoms with van der Waals surface area (Å²) in [6, 6.07) is 3.76. The Bertz CT molecular complexity index is 692. The fourth-order valence-corrected chi connectivity index (χ4v) is 4.95. The van der Waals surface area contributed by atoms with Crippen molar-refractivity contribution >= 4 is 33.2 Å². The molecule has 0 radical (unpaired) electrons. The molecule has 2 N–H and O–H groups in total. The van der Waals surface area contributed by atoms with Gasteiger partial charge >= 0.3 is 6.18 Å². The zero-order chi connectivity index (χ0) is 18.8. The molecule has 1 aromatic carbocycles. The van der Waals surface area contributed by atoms with Gasteiger partial charge in [-0.2, -0.15) is 13.2 Å². The first-order chi connectivity index (χ1) is 11.5. The molecular weight excluding hydrogens is 402 g/mol. The molecule has 0 amide bonds. The maximum Gasteiger partial charge on any atom is 0.392 e. The Morgan fingerprint density at radius 1 is 1.20 bits per heavy atom. The summed E-state index contributed by atoms with van der Waals surface area (Å²) in [7, 11) is -3.98. The Morgan fingerprint density at radius 3 is 2.36 bits per heavy atom. The number of aliphatic hydroxyl groups is 1. The largest absolute Gasteiger partial charge is 0.392 e. The lowest BCUT2D eigenvalue weighted by molar-refractivity contribution is -0.185. The number of halogens is 5. The van der Waals surface area contributed by atoms with Gasteiger partial charge in [0.2, 0.25) is 10.0 Å². The van der Waals surface area contributed by atoms with Crippen LogP contribution in [0.25, 0.3) is 0 Å². The number of nitrogens with one attached hydrogen (secondary N) is 1. The number of hydrogen-bond acceptors (Lipinski definition) is 3. The molecule has 1 saturated carbocycles. The number of aliphatic hydroxyl groups excluding tert-OH is 1. The summed E-state index contributed by atoms with van der Waals surface area (Å²) in [6.45, 7) is -0.381. The molecule has 1 aromatic rings. The predicted octanol–water partition coefficient (Wildman–Crippen LogP) is 4.00. The van der Waals surface area contributed by atoms with E-state index in [2.05, 4.69) is 4.72 Å². The highest BCUT2D eigenvalue weighted by atomic mass is 35.5. The molecule has 2 rings (SSSR count). The van der Waals surface area contributed by atoms with E-state index in [1.165, 1.54) is 18.2 Å². The van der Waals surface area contributed by atoms with E-state index < -0.39 is 34.1 Å². The molecule has 3 atom stereocenters. The third-order valence-electron chi connectivity index (χ3n) is 4.31. The van der Waals surface area contributed by atoms with E-state index in [-0.39, 0.29) is 34.3 Å². The quantitative estimate of drug-likeness (QED) is 0.731. The molecule has 0 aromatic heterocycles. The fourth-order valence-electron chi connectivity index (χ4n) is 3.16. The van der Waals surface area contributed by atoms with E-state index in [0.717, 1.165) is 0 Å². The zero-order valence-electron chi connectivity index (χ0n) is 13.1. The zero-order valence-corrected chi connectivity index (χ0v) is 15.4. The molecule has 1 aliphatic rings. The van der Waals surface area contributed by atoms with E-state index in [0.29, 0.717) is 12.8 Å².